The van der Waals surface area contributed by atoms with Crippen molar-refractivity contribution in [2.24, 2.45) is 14.1 Å². The number of aliphatic hydroxyl groups excluding tert-OH is 1. The molecule has 6 rings (SSSR count). The Balaban J connectivity index is 1.22. The number of hydrogen-bond donors (Lipinski definition) is 4. The van der Waals surface area contributed by atoms with Gasteiger partial charge in [-0.2, -0.15) is 0 Å². The van der Waals surface area contributed by atoms with Crippen LogP contribution in [0.15, 0.2) is 36.4 Å². The summed E-state index contributed by atoms with van der Waals surface area (Å²) in [6.07, 6.45) is 1.16. The molecular weight excluding hydrogens is 580 g/mol. The van der Waals surface area contributed by atoms with Crippen LogP contribution in [-0.4, -0.2) is 66.7 Å². The highest BCUT2D eigenvalue weighted by Gasteiger charge is 2.27. The first-order chi connectivity index (χ1) is 21.1. The molecule has 1 unspecified atom stereocenters. The quantitative estimate of drug-likeness (QED) is 0.249. The van der Waals surface area contributed by atoms with Crippen molar-refractivity contribution in [2.45, 2.75) is 45.9 Å². The summed E-state index contributed by atoms with van der Waals surface area (Å²) in [5, 5.41) is 19.5. The van der Waals surface area contributed by atoms with E-state index in [1.165, 1.54) is 0 Å². The summed E-state index contributed by atoms with van der Waals surface area (Å²) in [7, 11) is 3.73. The number of carbonyl (C=O) groups is 2. The van der Waals surface area contributed by atoms with Crippen LogP contribution in [-0.2, 0) is 40.0 Å². The first kappa shape index (κ1) is 30.0. The maximum atomic E-state index is 13.5. The van der Waals surface area contributed by atoms with Gasteiger partial charge in [0.25, 0.3) is 11.8 Å². The van der Waals surface area contributed by atoms with Crippen LogP contribution >= 0.6 is 11.6 Å². The third-order valence-electron chi connectivity index (χ3n) is 8.51. The topological polar surface area (TPSA) is 129 Å². The molecule has 2 aromatic carbocycles. The fraction of sp³-hybridized carbons (Fsp3) is 0.375. The van der Waals surface area contributed by atoms with Crippen molar-refractivity contribution in [1.82, 2.24) is 29.3 Å². The predicted molar refractivity (Wildman–Crippen MR) is 170 cm³/mol. The molecule has 2 amide bonds. The average molecular weight is 617 g/mol. The molecular formula is C32H37ClN8O3. The predicted octanol–water partition coefficient (Wildman–Crippen LogP) is 3.67. The van der Waals surface area contributed by atoms with Gasteiger partial charge in [-0.05, 0) is 37.1 Å². The third-order valence-corrected chi connectivity index (χ3v) is 8.92. The van der Waals surface area contributed by atoms with E-state index in [1.807, 2.05) is 60.5 Å². The molecule has 0 radical (unpaired) electrons. The van der Waals surface area contributed by atoms with E-state index in [0.717, 1.165) is 65.4 Å². The second-order valence-electron chi connectivity index (χ2n) is 11.6. The molecule has 0 spiro atoms. The zero-order chi connectivity index (χ0) is 31.1. The molecule has 0 saturated heterocycles. The van der Waals surface area contributed by atoms with Gasteiger partial charge in [-0.25, -0.2) is 9.97 Å². The monoisotopic (exact) mass is 616 g/mol. The molecule has 11 nitrogen and oxygen atoms in total. The highest BCUT2D eigenvalue weighted by Crippen LogP contribution is 2.37. The number of β-amino-alcohol motifs (C(OH)–C–C–N with tert-alkyl or cyclic N) is 1. The Morgan fingerprint density at radius 3 is 2.25 bits per heavy atom. The number of anilines is 2. The molecule has 230 valence electrons. The number of hydrogen-bond acceptors (Lipinski definition) is 7. The number of nitrogens with one attached hydrogen (secondary N) is 3. The molecule has 44 heavy (non-hydrogen) atoms. The lowest BCUT2D eigenvalue weighted by Crippen LogP contribution is -2.36. The number of aliphatic hydroxyl groups is 1. The molecule has 2 aliphatic heterocycles. The molecule has 4 heterocycles. The van der Waals surface area contributed by atoms with E-state index in [1.54, 1.807) is 13.0 Å². The first-order valence-electron chi connectivity index (χ1n) is 14.8. The first-order valence-corrected chi connectivity index (χ1v) is 15.2. The highest BCUT2D eigenvalue weighted by atomic mass is 35.5. The van der Waals surface area contributed by atoms with Crippen molar-refractivity contribution in [1.29, 1.82) is 0 Å². The van der Waals surface area contributed by atoms with Crippen molar-refractivity contribution in [2.75, 3.05) is 30.3 Å². The van der Waals surface area contributed by atoms with Crippen LogP contribution in [0.5, 0.6) is 0 Å². The van der Waals surface area contributed by atoms with Gasteiger partial charge in [-0.3, -0.25) is 14.5 Å². The van der Waals surface area contributed by atoms with E-state index in [9.17, 15) is 14.7 Å². The minimum atomic E-state index is -0.424. The van der Waals surface area contributed by atoms with Crippen LogP contribution in [0.4, 0.5) is 11.4 Å². The third kappa shape index (κ3) is 5.63. The van der Waals surface area contributed by atoms with Crippen LogP contribution in [0, 0.1) is 6.92 Å². The number of benzene rings is 2. The Morgan fingerprint density at radius 2 is 1.57 bits per heavy atom. The van der Waals surface area contributed by atoms with Gasteiger partial charge in [0, 0.05) is 82.3 Å². The van der Waals surface area contributed by atoms with Crippen LogP contribution < -0.4 is 16.0 Å². The average Bonchev–Trinajstić information content (AvgIpc) is 3.51. The summed E-state index contributed by atoms with van der Waals surface area (Å²) in [5.74, 6) is 0.0515. The molecule has 0 aliphatic carbocycles. The highest BCUT2D eigenvalue weighted by molar-refractivity contribution is 6.36. The van der Waals surface area contributed by atoms with Gasteiger partial charge < -0.3 is 30.2 Å². The fourth-order valence-electron chi connectivity index (χ4n) is 6.23. The zero-order valence-corrected chi connectivity index (χ0v) is 26.1. The fourth-order valence-corrected chi connectivity index (χ4v) is 6.50. The maximum absolute atomic E-state index is 13.5. The van der Waals surface area contributed by atoms with E-state index in [4.69, 9.17) is 11.6 Å². The number of halogens is 1. The Morgan fingerprint density at radius 1 is 0.955 bits per heavy atom. The van der Waals surface area contributed by atoms with Gasteiger partial charge in [-0.1, -0.05) is 35.9 Å². The van der Waals surface area contributed by atoms with Crippen LogP contribution in [0.2, 0.25) is 5.02 Å². The summed E-state index contributed by atoms with van der Waals surface area (Å²) < 4.78 is 3.71. The number of imidazole rings is 2. The van der Waals surface area contributed by atoms with Gasteiger partial charge in [0.2, 0.25) is 0 Å². The van der Waals surface area contributed by atoms with Gasteiger partial charge in [-0.15, -0.1) is 0 Å². The summed E-state index contributed by atoms with van der Waals surface area (Å²) in [4.78, 5) is 38.1. The van der Waals surface area contributed by atoms with E-state index in [-0.39, 0.29) is 11.8 Å². The van der Waals surface area contributed by atoms with E-state index in [2.05, 4.69) is 30.8 Å². The van der Waals surface area contributed by atoms with Crippen molar-refractivity contribution in [3.8, 4) is 11.1 Å². The molecule has 2 aromatic heterocycles. The Kier molecular flexibility index (Phi) is 8.30. The Hall–Kier alpha value is -4.03. The molecule has 0 bridgehead atoms. The zero-order valence-electron chi connectivity index (χ0n) is 25.4. The van der Waals surface area contributed by atoms with Gasteiger partial charge in [0.05, 0.1) is 28.2 Å². The SMILES string of the molecule is Cc1c(NC(=O)c2nc3c(n2C)CCN(CC(C)O)C3)cccc1-c1cccc(NC(=O)c2nc3c(n2C)CCNC3)c1Cl. The summed E-state index contributed by atoms with van der Waals surface area (Å²) >= 11 is 6.89. The van der Waals surface area contributed by atoms with E-state index in [0.29, 0.717) is 47.7 Å². The van der Waals surface area contributed by atoms with Crippen molar-refractivity contribution in [3.63, 3.8) is 0 Å². The lowest BCUT2D eigenvalue weighted by atomic mass is 9.98. The number of amides is 2. The lowest BCUT2D eigenvalue weighted by Gasteiger charge is -2.27. The number of rotatable bonds is 7. The summed E-state index contributed by atoms with van der Waals surface area (Å²) in [6.45, 7) is 7.17. The van der Waals surface area contributed by atoms with Gasteiger partial charge in [0.15, 0.2) is 11.6 Å². The van der Waals surface area contributed by atoms with Crippen molar-refractivity contribution < 1.29 is 14.7 Å². The van der Waals surface area contributed by atoms with Crippen molar-refractivity contribution >= 4 is 34.8 Å². The molecule has 0 fully saturated rings. The summed E-state index contributed by atoms with van der Waals surface area (Å²) in [5.41, 5.74) is 7.36. The van der Waals surface area contributed by atoms with Crippen LogP contribution in [0.1, 0.15) is 56.5 Å². The molecule has 4 aromatic rings. The van der Waals surface area contributed by atoms with E-state index < -0.39 is 6.10 Å². The maximum Gasteiger partial charge on any atom is 0.291 e. The molecule has 12 heteroatoms. The Labute approximate surface area is 261 Å². The second-order valence-corrected chi connectivity index (χ2v) is 12.0. The van der Waals surface area contributed by atoms with Crippen molar-refractivity contribution in [3.05, 3.63) is 81.4 Å². The Bertz CT molecular complexity index is 1760. The van der Waals surface area contributed by atoms with Crippen LogP contribution in [0.25, 0.3) is 11.1 Å². The molecule has 1 atom stereocenters. The standard InChI is InChI=1S/C32H37ClN8O3/c1-18(42)16-41-14-12-27-25(17-41)36-30(40(27)4)31(43)37-22-9-5-7-20(19(22)2)21-8-6-10-23(28(21)33)38-32(44)29-35-24-15-34-13-11-26(24)39(29)3/h5-10,18,34,42H,11-17H2,1-4H3,(H,37,43)(H,38,44). The minimum absolute atomic E-state index is 0.302. The number of aromatic nitrogens is 4. The molecule has 0 saturated carbocycles. The number of carbonyl (C=O) groups excluding carboxylic acids is 2. The molecule has 2 aliphatic rings. The lowest BCUT2D eigenvalue weighted by molar-refractivity contribution is 0.100. The van der Waals surface area contributed by atoms with Gasteiger partial charge >= 0.3 is 0 Å². The van der Waals surface area contributed by atoms with E-state index >= 15 is 0 Å². The summed E-state index contributed by atoms with van der Waals surface area (Å²) in [6, 6.07) is 11.1. The smallest absolute Gasteiger partial charge is 0.291 e. The minimum Gasteiger partial charge on any atom is -0.392 e. The normalized spacial score (nSPS) is 15.4. The van der Waals surface area contributed by atoms with Crippen LogP contribution in [0.3, 0.4) is 0 Å². The largest absolute Gasteiger partial charge is 0.392 e. The van der Waals surface area contributed by atoms with Gasteiger partial charge in [0.1, 0.15) is 0 Å². The second kappa shape index (κ2) is 12.2. The molecule has 4 N–H and O–H groups in total. The number of nitrogens with zero attached hydrogens (tertiary/aromatic N) is 5. The number of fused-ring (bicyclic) bond motifs is 2.